The number of nitrogens with one attached hydrogen (secondary N) is 2. The van der Waals surface area contributed by atoms with Gasteiger partial charge in [0.2, 0.25) is 5.91 Å². The molecule has 0 aliphatic carbocycles. The largest absolute Gasteiger partial charge is 0.348 e. The number of aromatic nitrogens is 3. The normalized spacial score (nSPS) is 11.3. The monoisotopic (exact) mass is 278 g/mol. The third-order valence-corrected chi connectivity index (χ3v) is 3.33. The van der Waals surface area contributed by atoms with E-state index < -0.39 is 5.41 Å². The van der Waals surface area contributed by atoms with E-state index in [-0.39, 0.29) is 5.91 Å². The predicted octanol–water partition coefficient (Wildman–Crippen LogP) is 2.05. The SMILES string of the molecule is CC(C)(C(=O)NCc1ncn[nH]1)c1ccccc1Cl. The first kappa shape index (κ1) is 13.5. The third-order valence-electron chi connectivity index (χ3n) is 3.00. The summed E-state index contributed by atoms with van der Waals surface area (Å²) in [7, 11) is 0. The van der Waals surface area contributed by atoms with Crippen LogP contribution in [0.2, 0.25) is 5.02 Å². The van der Waals surface area contributed by atoms with Gasteiger partial charge in [-0.3, -0.25) is 9.89 Å². The number of carbonyl (C=O) groups is 1. The summed E-state index contributed by atoms with van der Waals surface area (Å²) < 4.78 is 0. The van der Waals surface area contributed by atoms with E-state index in [0.29, 0.717) is 17.4 Å². The van der Waals surface area contributed by atoms with Crippen molar-refractivity contribution in [1.29, 1.82) is 0 Å². The molecule has 5 nitrogen and oxygen atoms in total. The molecule has 19 heavy (non-hydrogen) atoms. The standard InChI is InChI=1S/C13H15ClN4O/c1-13(2,9-5-3-4-6-10(9)14)12(19)15-7-11-16-8-17-18-11/h3-6,8H,7H2,1-2H3,(H,15,19)(H,16,17,18). The van der Waals surface area contributed by atoms with Crippen LogP contribution >= 0.6 is 11.6 Å². The summed E-state index contributed by atoms with van der Waals surface area (Å²) in [6.07, 6.45) is 1.40. The Morgan fingerprint density at radius 2 is 2.16 bits per heavy atom. The summed E-state index contributed by atoms with van der Waals surface area (Å²) in [4.78, 5) is 16.2. The number of hydrogen-bond acceptors (Lipinski definition) is 3. The van der Waals surface area contributed by atoms with Gasteiger partial charge < -0.3 is 5.32 Å². The van der Waals surface area contributed by atoms with Crippen LogP contribution in [0.4, 0.5) is 0 Å². The van der Waals surface area contributed by atoms with Gasteiger partial charge >= 0.3 is 0 Å². The van der Waals surface area contributed by atoms with Crippen molar-refractivity contribution in [2.75, 3.05) is 0 Å². The first-order valence-electron chi connectivity index (χ1n) is 5.89. The van der Waals surface area contributed by atoms with Crippen molar-refractivity contribution in [3.63, 3.8) is 0 Å². The first-order chi connectivity index (χ1) is 9.01. The zero-order valence-corrected chi connectivity index (χ0v) is 11.5. The Bertz CT molecular complexity index is 566. The molecule has 1 amide bonds. The maximum Gasteiger partial charge on any atom is 0.230 e. The molecule has 0 aliphatic heterocycles. The average Bonchev–Trinajstić information content (AvgIpc) is 2.89. The van der Waals surface area contributed by atoms with Crippen molar-refractivity contribution >= 4 is 17.5 Å². The second kappa shape index (κ2) is 5.40. The molecule has 100 valence electrons. The molecule has 2 N–H and O–H groups in total. The highest BCUT2D eigenvalue weighted by atomic mass is 35.5. The Kier molecular flexibility index (Phi) is 3.85. The molecule has 1 aromatic carbocycles. The molecule has 0 fully saturated rings. The highest BCUT2D eigenvalue weighted by molar-refractivity contribution is 6.31. The molecule has 2 aromatic rings. The van der Waals surface area contributed by atoms with E-state index in [1.807, 2.05) is 32.0 Å². The molecule has 0 spiro atoms. The summed E-state index contributed by atoms with van der Waals surface area (Å²) in [5, 5.41) is 9.82. The number of carbonyl (C=O) groups excluding carboxylic acids is 1. The van der Waals surface area contributed by atoms with E-state index in [1.54, 1.807) is 6.07 Å². The zero-order chi connectivity index (χ0) is 13.9. The van der Waals surface area contributed by atoms with Crippen LogP contribution in [0, 0.1) is 0 Å². The van der Waals surface area contributed by atoms with Gasteiger partial charge in [-0.2, -0.15) is 5.10 Å². The number of aromatic amines is 1. The average molecular weight is 279 g/mol. The minimum Gasteiger partial charge on any atom is -0.348 e. The maximum atomic E-state index is 12.3. The van der Waals surface area contributed by atoms with Crippen LogP contribution < -0.4 is 5.32 Å². The first-order valence-corrected chi connectivity index (χ1v) is 6.27. The summed E-state index contributed by atoms with van der Waals surface area (Å²) in [5.74, 6) is 0.500. The molecule has 0 radical (unpaired) electrons. The van der Waals surface area contributed by atoms with Gasteiger partial charge in [-0.25, -0.2) is 4.98 Å². The second-order valence-corrected chi connectivity index (χ2v) is 5.13. The number of H-pyrrole nitrogens is 1. The Morgan fingerprint density at radius 3 is 2.79 bits per heavy atom. The van der Waals surface area contributed by atoms with Crippen LogP contribution in [0.25, 0.3) is 0 Å². The van der Waals surface area contributed by atoms with Crippen LogP contribution in [0.5, 0.6) is 0 Å². The zero-order valence-electron chi connectivity index (χ0n) is 10.8. The highest BCUT2D eigenvalue weighted by Crippen LogP contribution is 2.29. The van der Waals surface area contributed by atoms with E-state index in [4.69, 9.17) is 11.6 Å². The smallest absolute Gasteiger partial charge is 0.230 e. The highest BCUT2D eigenvalue weighted by Gasteiger charge is 2.31. The Balaban J connectivity index is 2.11. The molecular weight excluding hydrogens is 264 g/mol. The van der Waals surface area contributed by atoms with Crippen molar-refractivity contribution in [2.45, 2.75) is 25.8 Å². The number of nitrogens with zero attached hydrogens (tertiary/aromatic N) is 2. The Labute approximate surface area is 116 Å². The fourth-order valence-corrected chi connectivity index (χ4v) is 2.16. The van der Waals surface area contributed by atoms with Crippen molar-refractivity contribution in [1.82, 2.24) is 20.5 Å². The lowest BCUT2D eigenvalue weighted by Crippen LogP contribution is -2.40. The topological polar surface area (TPSA) is 70.7 Å². The van der Waals surface area contributed by atoms with Crippen molar-refractivity contribution in [3.05, 3.63) is 47.0 Å². The van der Waals surface area contributed by atoms with Crippen LogP contribution in [-0.2, 0) is 16.8 Å². The summed E-state index contributed by atoms with van der Waals surface area (Å²) in [5.41, 5.74) is 0.0879. The number of halogens is 1. The fourth-order valence-electron chi connectivity index (χ4n) is 1.79. The molecule has 0 unspecified atom stereocenters. The maximum absolute atomic E-state index is 12.3. The molecule has 0 saturated heterocycles. The molecule has 6 heteroatoms. The fraction of sp³-hybridized carbons (Fsp3) is 0.308. The lowest BCUT2D eigenvalue weighted by atomic mass is 9.83. The van der Waals surface area contributed by atoms with Crippen LogP contribution in [0.15, 0.2) is 30.6 Å². The quantitative estimate of drug-likeness (QED) is 0.899. The van der Waals surface area contributed by atoms with Gasteiger partial charge in [-0.15, -0.1) is 0 Å². The summed E-state index contributed by atoms with van der Waals surface area (Å²) >= 11 is 6.14. The number of amides is 1. The minimum atomic E-state index is -0.710. The van der Waals surface area contributed by atoms with E-state index in [2.05, 4.69) is 20.5 Å². The number of rotatable bonds is 4. The Hall–Kier alpha value is -1.88. The van der Waals surface area contributed by atoms with Crippen LogP contribution in [0.1, 0.15) is 25.2 Å². The molecule has 1 aromatic heterocycles. The molecule has 0 bridgehead atoms. The van der Waals surface area contributed by atoms with Crippen molar-refractivity contribution < 1.29 is 4.79 Å². The van der Waals surface area contributed by atoms with Gasteiger partial charge in [0.05, 0.1) is 12.0 Å². The van der Waals surface area contributed by atoms with Gasteiger partial charge in [0, 0.05) is 5.02 Å². The van der Waals surface area contributed by atoms with Gasteiger partial charge in [-0.05, 0) is 25.5 Å². The Morgan fingerprint density at radius 1 is 1.42 bits per heavy atom. The summed E-state index contributed by atoms with van der Waals surface area (Å²) in [6, 6.07) is 7.35. The van der Waals surface area contributed by atoms with Gasteiger partial charge in [0.1, 0.15) is 12.2 Å². The van der Waals surface area contributed by atoms with Crippen LogP contribution in [0.3, 0.4) is 0 Å². The van der Waals surface area contributed by atoms with Gasteiger partial charge in [-0.1, -0.05) is 29.8 Å². The predicted molar refractivity (Wildman–Crippen MR) is 72.7 cm³/mol. The number of benzene rings is 1. The van der Waals surface area contributed by atoms with E-state index in [9.17, 15) is 4.79 Å². The van der Waals surface area contributed by atoms with Gasteiger partial charge in [0.15, 0.2) is 0 Å². The lowest BCUT2D eigenvalue weighted by Gasteiger charge is -2.24. The molecule has 0 aliphatic rings. The molecule has 0 saturated carbocycles. The van der Waals surface area contributed by atoms with Crippen molar-refractivity contribution in [3.8, 4) is 0 Å². The molecule has 2 rings (SSSR count). The van der Waals surface area contributed by atoms with Crippen LogP contribution in [-0.4, -0.2) is 21.1 Å². The van der Waals surface area contributed by atoms with Crippen molar-refractivity contribution in [2.24, 2.45) is 0 Å². The van der Waals surface area contributed by atoms with Gasteiger partial charge in [0.25, 0.3) is 0 Å². The number of hydrogen-bond donors (Lipinski definition) is 2. The van der Waals surface area contributed by atoms with E-state index in [1.165, 1.54) is 6.33 Å². The van der Waals surface area contributed by atoms with E-state index in [0.717, 1.165) is 5.56 Å². The molecule has 1 heterocycles. The summed E-state index contributed by atoms with van der Waals surface area (Å²) in [6.45, 7) is 3.99. The molecule has 0 atom stereocenters. The molecular formula is C13H15ClN4O. The van der Waals surface area contributed by atoms with E-state index >= 15 is 0 Å². The second-order valence-electron chi connectivity index (χ2n) is 4.72. The lowest BCUT2D eigenvalue weighted by molar-refractivity contribution is -0.125. The minimum absolute atomic E-state index is 0.114. The third kappa shape index (κ3) is 2.93.